The minimum Gasteiger partial charge on any atom is -0.768 e. The first-order valence-corrected chi connectivity index (χ1v) is 5.99. The summed E-state index contributed by atoms with van der Waals surface area (Å²) < 4.78 is 22.2. The predicted octanol–water partition coefficient (Wildman–Crippen LogP) is 2.46. The molecule has 0 aliphatic heterocycles. The lowest BCUT2D eigenvalue weighted by molar-refractivity contribution is 0.537. The van der Waals surface area contributed by atoms with Crippen LogP contribution < -0.4 is 0 Å². The van der Waals surface area contributed by atoms with Crippen LogP contribution in [0.15, 0.2) is 53.4 Å². The third-order valence-electron chi connectivity index (χ3n) is 2.40. The van der Waals surface area contributed by atoms with Crippen LogP contribution in [0, 0.1) is 11.3 Å². The maximum atomic E-state index is 11.1. The Morgan fingerprint density at radius 2 is 1.59 bits per heavy atom. The van der Waals surface area contributed by atoms with Crippen LogP contribution >= 0.6 is 0 Å². The molecule has 17 heavy (non-hydrogen) atoms. The molecule has 0 saturated carbocycles. The molecule has 0 aliphatic carbocycles. The van der Waals surface area contributed by atoms with Gasteiger partial charge in [-0.25, -0.2) is 0 Å². The van der Waals surface area contributed by atoms with Crippen molar-refractivity contribution in [2.45, 2.75) is 4.90 Å². The molecule has 0 aromatic heterocycles. The van der Waals surface area contributed by atoms with E-state index in [-0.39, 0.29) is 4.90 Å². The van der Waals surface area contributed by atoms with Gasteiger partial charge in [0.05, 0.1) is 11.6 Å². The Balaban J connectivity index is 2.69. The van der Waals surface area contributed by atoms with Crippen molar-refractivity contribution in [3.8, 4) is 17.2 Å². The first-order chi connectivity index (χ1) is 8.24. The lowest BCUT2D eigenvalue weighted by atomic mass is 10.0. The van der Waals surface area contributed by atoms with Gasteiger partial charge in [0.25, 0.3) is 0 Å². The van der Waals surface area contributed by atoms with Crippen molar-refractivity contribution in [3.63, 3.8) is 0 Å². The van der Waals surface area contributed by atoms with Gasteiger partial charge >= 0.3 is 0 Å². The molecule has 0 amide bonds. The van der Waals surface area contributed by atoms with E-state index in [0.717, 1.165) is 0 Å². The molecule has 0 N–H and O–H groups in total. The van der Waals surface area contributed by atoms with Gasteiger partial charge in [0.2, 0.25) is 0 Å². The van der Waals surface area contributed by atoms with Gasteiger partial charge in [-0.05, 0) is 28.8 Å². The Morgan fingerprint density at radius 1 is 1.00 bits per heavy atom. The smallest absolute Gasteiger partial charge is 0.0998 e. The van der Waals surface area contributed by atoms with Crippen molar-refractivity contribution < 1.29 is 8.76 Å². The highest BCUT2D eigenvalue weighted by Crippen LogP contribution is 2.28. The largest absolute Gasteiger partial charge is 0.768 e. The number of rotatable bonds is 2. The van der Waals surface area contributed by atoms with Gasteiger partial charge in [0, 0.05) is 10.5 Å². The second-order valence-electron chi connectivity index (χ2n) is 3.39. The fourth-order valence-electron chi connectivity index (χ4n) is 1.65. The minimum atomic E-state index is -2.31. The Labute approximate surface area is 102 Å². The molecule has 0 radical (unpaired) electrons. The molecule has 2 aromatic rings. The summed E-state index contributed by atoms with van der Waals surface area (Å²) in [5, 5.41) is 9.01. The van der Waals surface area contributed by atoms with E-state index in [1.54, 1.807) is 42.5 Å². The van der Waals surface area contributed by atoms with Crippen molar-refractivity contribution >= 4 is 11.1 Å². The maximum Gasteiger partial charge on any atom is 0.0998 e. The Kier molecular flexibility index (Phi) is 3.33. The van der Waals surface area contributed by atoms with E-state index in [9.17, 15) is 8.76 Å². The highest BCUT2D eigenvalue weighted by molar-refractivity contribution is 7.79. The first-order valence-electron chi connectivity index (χ1n) is 4.92. The zero-order chi connectivity index (χ0) is 12.3. The average Bonchev–Trinajstić information content (AvgIpc) is 2.38. The molecule has 0 bridgehead atoms. The van der Waals surface area contributed by atoms with E-state index in [1.807, 2.05) is 0 Å². The van der Waals surface area contributed by atoms with Crippen LogP contribution in [-0.2, 0) is 11.1 Å². The van der Waals surface area contributed by atoms with Gasteiger partial charge in [-0.3, -0.25) is 4.21 Å². The Morgan fingerprint density at radius 3 is 2.24 bits per heavy atom. The molecule has 0 aliphatic rings. The average molecular weight is 242 g/mol. The highest BCUT2D eigenvalue weighted by Gasteiger charge is 2.08. The van der Waals surface area contributed by atoms with Crippen LogP contribution in [0.4, 0.5) is 0 Å². The second-order valence-corrected chi connectivity index (χ2v) is 4.30. The summed E-state index contributed by atoms with van der Waals surface area (Å²) in [6.45, 7) is 0. The lowest BCUT2D eigenvalue weighted by Gasteiger charge is -2.12. The standard InChI is InChI=1S/C13H9NO2S/c14-9-10-5-1-2-6-11(10)12-7-3-4-8-13(12)17(15)16/h1-8H,(H,15,16)/p-1. The van der Waals surface area contributed by atoms with E-state index in [0.29, 0.717) is 16.7 Å². The fourth-order valence-corrected chi connectivity index (χ4v) is 2.20. The van der Waals surface area contributed by atoms with E-state index >= 15 is 0 Å². The van der Waals surface area contributed by atoms with E-state index < -0.39 is 11.1 Å². The molecular formula is C13H8NO2S-. The van der Waals surface area contributed by atoms with Crippen LogP contribution in [0.25, 0.3) is 11.1 Å². The van der Waals surface area contributed by atoms with Gasteiger partial charge in [0.1, 0.15) is 0 Å². The van der Waals surface area contributed by atoms with E-state index in [2.05, 4.69) is 6.07 Å². The second kappa shape index (κ2) is 4.91. The van der Waals surface area contributed by atoms with Crippen LogP contribution in [0.2, 0.25) is 0 Å². The van der Waals surface area contributed by atoms with Crippen LogP contribution in [-0.4, -0.2) is 8.76 Å². The zero-order valence-electron chi connectivity index (χ0n) is 8.79. The minimum absolute atomic E-state index is 0.204. The molecular weight excluding hydrogens is 234 g/mol. The molecule has 0 heterocycles. The summed E-state index contributed by atoms with van der Waals surface area (Å²) in [4.78, 5) is 0.204. The number of nitrogens with zero attached hydrogens (tertiary/aromatic N) is 1. The summed E-state index contributed by atoms with van der Waals surface area (Å²) in [6.07, 6.45) is 0. The third-order valence-corrected chi connectivity index (χ3v) is 3.12. The van der Waals surface area contributed by atoms with Crippen molar-refractivity contribution in [2.75, 3.05) is 0 Å². The molecule has 0 saturated heterocycles. The van der Waals surface area contributed by atoms with Gasteiger partial charge < -0.3 is 4.55 Å². The van der Waals surface area contributed by atoms with Crippen molar-refractivity contribution in [2.24, 2.45) is 0 Å². The Bertz CT molecular complexity index is 617. The molecule has 3 nitrogen and oxygen atoms in total. The van der Waals surface area contributed by atoms with Crippen molar-refractivity contribution in [1.82, 2.24) is 0 Å². The molecule has 1 unspecified atom stereocenters. The summed E-state index contributed by atoms with van der Waals surface area (Å²) in [7, 11) is 0. The topological polar surface area (TPSA) is 63.9 Å². The Hall–Kier alpha value is -1.96. The molecule has 4 heteroatoms. The summed E-state index contributed by atoms with van der Waals surface area (Å²) in [5.41, 5.74) is 1.65. The number of nitriles is 1. The summed E-state index contributed by atoms with van der Waals surface area (Å²) in [6, 6.07) is 15.6. The van der Waals surface area contributed by atoms with Gasteiger partial charge in [-0.2, -0.15) is 5.26 Å². The number of benzene rings is 2. The third kappa shape index (κ3) is 2.26. The van der Waals surface area contributed by atoms with Gasteiger partial charge in [-0.15, -0.1) is 0 Å². The fraction of sp³-hybridized carbons (Fsp3) is 0. The maximum absolute atomic E-state index is 11.1. The molecule has 0 spiro atoms. The summed E-state index contributed by atoms with van der Waals surface area (Å²) in [5.74, 6) is 0. The van der Waals surface area contributed by atoms with Crippen LogP contribution in [0.1, 0.15) is 5.56 Å². The first kappa shape index (κ1) is 11.5. The highest BCUT2D eigenvalue weighted by atomic mass is 32.2. The van der Waals surface area contributed by atoms with Gasteiger partial charge in [-0.1, -0.05) is 36.4 Å². The molecule has 1 atom stereocenters. The SMILES string of the molecule is N#Cc1ccccc1-c1ccccc1S(=O)[O-]. The lowest BCUT2D eigenvalue weighted by Crippen LogP contribution is -1.94. The monoisotopic (exact) mass is 242 g/mol. The number of hydrogen-bond donors (Lipinski definition) is 0. The van der Waals surface area contributed by atoms with Crippen molar-refractivity contribution in [1.29, 1.82) is 5.26 Å². The molecule has 2 aromatic carbocycles. The normalized spacial score (nSPS) is 11.8. The predicted molar refractivity (Wildman–Crippen MR) is 63.8 cm³/mol. The zero-order valence-corrected chi connectivity index (χ0v) is 9.61. The summed E-state index contributed by atoms with van der Waals surface area (Å²) >= 11 is -2.31. The van der Waals surface area contributed by atoms with Crippen LogP contribution in [0.5, 0.6) is 0 Å². The quantitative estimate of drug-likeness (QED) is 0.760. The van der Waals surface area contributed by atoms with Gasteiger partial charge in [0.15, 0.2) is 0 Å². The molecule has 2 rings (SSSR count). The van der Waals surface area contributed by atoms with E-state index in [4.69, 9.17) is 5.26 Å². The molecule has 84 valence electrons. The molecule has 0 fully saturated rings. The number of hydrogen-bond acceptors (Lipinski definition) is 3. The van der Waals surface area contributed by atoms with Crippen molar-refractivity contribution in [3.05, 3.63) is 54.1 Å². The van der Waals surface area contributed by atoms with Crippen LogP contribution in [0.3, 0.4) is 0 Å². The van der Waals surface area contributed by atoms with E-state index in [1.165, 1.54) is 6.07 Å².